The summed E-state index contributed by atoms with van der Waals surface area (Å²) in [5, 5.41) is 11.5. The number of piperidine rings is 1. The molecule has 0 aromatic carbocycles. The zero-order valence-electron chi connectivity index (χ0n) is 12.0. The van der Waals surface area contributed by atoms with E-state index in [4.69, 9.17) is 0 Å². The van der Waals surface area contributed by atoms with Crippen molar-refractivity contribution in [1.29, 1.82) is 0 Å². The summed E-state index contributed by atoms with van der Waals surface area (Å²) < 4.78 is 0. The van der Waals surface area contributed by atoms with Crippen LogP contribution in [0.2, 0.25) is 0 Å². The van der Waals surface area contributed by atoms with Gasteiger partial charge in [0.15, 0.2) is 0 Å². The molecule has 0 spiro atoms. The fraction of sp³-hybridized carbons (Fsp3) is 0.600. The molecule has 1 aromatic heterocycles. The van der Waals surface area contributed by atoms with Gasteiger partial charge in [-0.15, -0.1) is 11.3 Å². The fourth-order valence-electron chi connectivity index (χ4n) is 3.00. The maximum Gasteiger partial charge on any atom is 0.311 e. The zero-order valence-corrected chi connectivity index (χ0v) is 12.8. The minimum Gasteiger partial charge on any atom is -0.481 e. The molecule has 20 heavy (non-hydrogen) atoms. The summed E-state index contributed by atoms with van der Waals surface area (Å²) in [5.41, 5.74) is 0.218. The van der Waals surface area contributed by atoms with Crippen molar-refractivity contribution < 1.29 is 14.7 Å². The Balaban J connectivity index is 2.20. The molecule has 1 amide bonds. The van der Waals surface area contributed by atoms with Gasteiger partial charge in [-0.05, 0) is 43.2 Å². The number of aryl methyl sites for hydroxylation is 1. The lowest BCUT2D eigenvalue weighted by Gasteiger charge is -2.39. The van der Waals surface area contributed by atoms with E-state index in [1.54, 1.807) is 4.90 Å². The van der Waals surface area contributed by atoms with Crippen molar-refractivity contribution in [3.63, 3.8) is 0 Å². The standard InChI is InChI=1S/C15H21NO3S/c1-3-6-15(14(18)19)7-4-8-16(10-15)13(17)12-11(2)5-9-20-12/h5,9H,3-4,6-8,10H2,1-2H3,(H,18,19). The highest BCUT2D eigenvalue weighted by Crippen LogP contribution is 2.36. The Kier molecular flexibility index (Phi) is 4.48. The van der Waals surface area contributed by atoms with Crippen LogP contribution < -0.4 is 0 Å². The van der Waals surface area contributed by atoms with E-state index in [1.165, 1.54) is 11.3 Å². The molecule has 2 heterocycles. The lowest BCUT2D eigenvalue weighted by molar-refractivity contribution is -0.152. The van der Waals surface area contributed by atoms with Crippen LogP contribution in [0.5, 0.6) is 0 Å². The lowest BCUT2D eigenvalue weighted by atomic mass is 9.76. The number of amides is 1. The van der Waals surface area contributed by atoms with Crippen molar-refractivity contribution in [3.05, 3.63) is 21.9 Å². The van der Waals surface area contributed by atoms with Gasteiger partial charge >= 0.3 is 5.97 Å². The minimum absolute atomic E-state index is 0.0149. The van der Waals surface area contributed by atoms with Gasteiger partial charge in [0.25, 0.3) is 5.91 Å². The number of carboxylic acids is 1. The molecule has 1 saturated heterocycles. The average molecular weight is 295 g/mol. The second-order valence-corrected chi connectivity index (χ2v) is 6.51. The van der Waals surface area contributed by atoms with Gasteiger partial charge in [-0.3, -0.25) is 9.59 Å². The number of rotatable bonds is 4. The van der Waals surface area contributed by atoms with E-state index >= 15 is 0 Å². The van der Waals surface area contributed by atoms with Gasteiger partial charge in [-0.25, -0.2) is 0 Å². The average Bonchev–Trinajstić information content (AvgIpc) is 2.84. The molecule has 0 saturated carbocycles. The first-order chi connectivity index (χ1) is 9.50. The van der Waals surface area contributed by atoms with Crippen molar-refractivity contribution in [3.8, 4) is 0 Å². The highest BCUT2D eigenvalue weighted by atomic mass is 32.1. The molecule has 0 aliphatic carbocycles. The molecule has 2 rings (SSSR count). The van der Waals surface area contributed by atoms with E-state index in [9.17, 15) is 14.7 Å². The van der Waals surface area contributed by atoms with Gasteiger partial charge in [-0.1, -0.05) is 13.3 Å². The van der Waals surface area contributed by atoms with E-state index < -0.39 is 11.4 Å². The third-order valence-corrected chi connectivity index (χ3v) is 5.11. The van der Waals surface area contributed by atoms with Crippen LogP contribution in [0.1, 0.15) is 47.8 Å². The van der Waals surface area contributed by atoms with Crippen LogP contribution in [0.4, 0.5) is 0 Å². The fourth-order valence-corrected chi connectivity index (χ4v) is 3.90. The summed E-state index contributed by atoms with van der Waals surface area (Å²) in [6.45, 7) is 4.92. The molecule has 4 nitrogen and oxygen atoms in total. The Bertz CT molecular complexity index is 507. The van der Waals surface area contributed by atoms with Crippen molar-refractivity contribution in [2.24, 2.45) is 5.41 Å². The highest BCUT2D eigenvalue weighted by Gasteiger charge is 2.43. The number of aliphatic carboxylic acids is 1. The number of likely N-dealkylation sites (tertiary alicyclic amines) is 1. The number of hydrogen-bond acceptors (Lipinski definition) is 3. The molecule has 1 aliphatic rings. The molecular weight excluding hydrogens is 274 g/mol. The maximum atomic E-state index is 12.5. The highest BCUT2D eigenvalue weighted by molar-refractivity contribution is 7.12. The summed E-state index contributed by atoms with van der Waals surface area (Å²) in [6.07, 6.45) is 2.90. The topological polar surface area (TPSA) is 57.6 Å². The largest absolute Gasteiger partial charge is 0.481 e. The third kappa shape index (κ3) is 2.73. The van der Waals surface area contributed by atoms with Gasteiger partial charge in [0.1, 0.15) is 0 Å². The predicted octanol–water partition coefficient (Wildman–Crippen LogP) is 3.16. The van der Waals surface area contributed by atoms with Gasteiger partial charge < -0.3 is 10.0 Å². The molecule has 1 atom stereocenters. The Morgan fingerprint density at radius 1 is 1.50 bits per heavy atom. The number of nitrogens with zero attached hydrogens (tertiary/aromatic N) is 1. The van der Waals surface area contributed by atoms with Crippen LogP contribution >= 0.6 is 11.3 Å². The number of carboxylic acid groups (broad SMARTS) is 1. The number of carbonyl (C=O) groups excluding carboxylic acids is 1. The van der Waals surface area contributed by atoms with Crippen LogP contribution in [-0.2, 0) is 4.79 Å². The van der Waals surface area contributed by atoms with Crippen molar-refractivity contribution >= 4 is 23.2 Å². The normalized spacial score (nSPS) is 22.8. The lowest BCUT2D eigenvalue weighted by Crippen LogP contribution is -2.49. The third-order valence-electron chi connectivity index (χ3n) is 4.10. The van der Waals surface area contributed by atoms with Crippen LogP contribution in [0.25, 0.3) is 0 Å². The van der Waals surface area contributed by atoms with Crippen LogP contribution in [0.15, 0.2) is 11.4 Å². The van der Waals surface area contributed by atoms with Crippen molar-refractivity contribution in [1.82, 2.24) is 4.90 Å². The molecule has 1 fully saturated rings. The molecule has 5 heteroatoms. The van der Waals surface area contributed by atoms with E-state index in [-0.39, 0.29) is 5.91 Å². The summed E-state index contributed by atoms with van der Waals surface area (Å²) in [7, 11) is 0. The van der Waals surface area contributed by atoms with Crippen LogP contribution in [0.3, 0.4) is 0 Å². The molecule has 1 aliphatic heterocycles. The smallest absolute Gasteiger partial charge is 0.311 e. The SMILES string of the molecule is CCCC1(C(=O)O)CCCN(C(=O)c2sccc2C)C1. The summed E-state index contributed by atoms with van der Waals surface area (Å²) in [4.78, 5) is 26.7. The molecule has 1 N–H and O–H groups in total. The molecule has 0 bridgehead atoms. The summed E-state index contributed by atoms with van der Waals surface area (Å²) in [6, 6.07) is 1.93. The Morgan fingerprint density at radius 2 is 2.25 bits per heavy atom. The molecule has 0 radical (unpaired) electrons. The Hall–Kier alpha value is -1.36. The number of thiophene rings is 1. The van der Waals surface area contributed by atoms with Gasteiger partial charge in [0.2, 0.25) is 0 Å². The van der Waals surface area contributed by atoms with Gasteiger partial charge in [0.05, 0.1) is 10.3 Å². The van der Waals surface area contributed by atoms with Gasteiger partial charge in [-0.2, -0.15) is 0 Å². The molecule has 1 unspecified atom stereocenters. The quantitative estimate of drug-likeness (QED) is 0.928. The Morgan fingerprint density at radius 3 is 2.80 bits per heavy atom. The van der Waals surface area contributed by atoms with E-state index in [0.717, 1.165) is 23.3 Å². The monoisotopic (exact) mass is 295 g/mol. The Labute approximate surface area is 123 Å². The number of carbonyl (C=O) groups is 2. The van der Waals surface area contributed by atoms with Gasteiger partial charge in [0, 0.05) is 13.1 Å². The van der Waals surface area contributed by atoms with E-state index in [2.05, 4.69) is 0 Å². The second-order valence-electron chi connectivity index (χ2n) is 5.60. The zero-order chi connectivity index (χ0) is 14.8. The predicted molar refractivity (Wildman–Crippen MR) is 79.2 cm³/mol. The first kappa shape index (κ1) is 15.0. The summed E-state index contributed by atoms with van der Waals surface area (Å²) in [5.74, 6) is -0.779. The van der Waals surface area contributed by atoms with Crippen molar-refractivity contribution in [2.75, 3.05) is 13.1 Å². The van der Waals surface area contributed by atoms with Crippen LogP contribution in [-0.4, -0.2) is 35.0 Å². The van der Waals surface area contributed by atoms with E-state index in [1.807, 2.05) is 25.3 Å². The first-order valence-electron chi connectivity index (χ1n) is 7.07. The maximum absolute atomic E-state index is 12.5. The summed E-state index contributed by atoms with van der Waals surface area (Å²) >= 11 is 1.43. The second kappa shape index (κ2) is 5.95. The molecular formula is C15H21NO3S. The van der Waals surface area contributed by atoms with E-state index in [0.29, 0.717) is 25.9 Å². The van der Waals surface area contributed by atoms with Crippen LogP contribution in [0, 0.1) is 12.3 Å². The molecule has 1 aromatic rings. The minimum atomic E-state index is -0.764. The molecule has 110 valence electrons. The first-order valence-corrected chi connectivity index (χ1v) is 7.95. The van der Waals surface area contributed by atoms with Crippen molar-refractivity contribution in [2.45, 2.75) is 39.5 Å². The number of hydrogen-bond donors (Lipinski definition) is 1.